The van der Waals surface area contributed by atoms with Crippen LogP contribution in [0.2, 0.25) is 0 Å². The Kier molecular flexibility index (Phi) is 3.39. The number of hydrogen-bond donors (Lipinski definition) is 0. The average Bonchev–Trinajstić information content (AvgIpc) is 3.17. The van der Waals surface area contributed by atoms with Crippen molar-refractivity contribution in [2.75, 3.05) is 6.61 Å². The maximum atomic E-state index is 5.87. The molecule has 4 rings (SSSR count). The maximum absolute atomic E-state index is 5.87. The molecule has 1 fully saturated rings. The highest BCUT2D eigenvalue weighted by atomic mass is 16.5. The second-order valence-corrected chi connectivity index (χ2v) is 5.83. The van der Waals surface area contributed by atoms with Crippen LogP contribution in [0, 0.1) is 6.92 Å². The fourth-order valence-electron chi connectivity index (χ4n) is 3.12. The van der Waals surface area contributed by atoms with E-state index < -0.39 is 0 Å². The van der Waals surface area contributed by atoms with Gasteiger partial charge in [0.15, 0.2) is 5.65 Å². The van der Waals surface area contributed by atoms with Gasteiger partial charge in [0, 0.05) is 12.8 Å². The van der Waals surface area contributed by atoms with E-state index in [1.165, 1.54) is 11.1 Å². The van der Waals surface area contributed by atoms with E-state index in [-0.39, 0.29) is 6.10 Å². The van der Waals surface area contributed by atoms with Crippen LogP contribution in [0.25, 0.3) is 11.2 Å². The number of nitrogens with zero attached hydrogens (tertiary/aromatic N) is 3. The van der Waals surface area contributed by atoms with Crippen LogP contribution in [0.1, 0.15) is 35.9 Å². The van der Waals surface area contributed by atoms with Gasteiger partial charge in [-0.2, -0.15) is 0 Å². The quantitative estimate of drug-likeness (QED) is 0.740. The zero-order chi connectivity index (χ0) is 14.9. The maximum Gasteiger partial charge on any atom is 0.160 e. The Hall–Kier alpha value is -2.20. The Balaban J connectivity index is 1.83. The highest BCUT2D eigenvalue weighted by Crippen LogP contribution is 2.30. The number of rotatable bonds is 3. The van der Waals surface area contributed by atoms with E-state index in [9.17, 15) is 0 Å². The predicted octanol–water partition coefficient (Wildman–Crippen LogP) is 3.64. The minimum Gasteiger partial charge on any atom is -0.370 e. The predicted molar refractivity (Wildman–Crippen MR) is 85.7 cm³/mol. The standard InChI is InChI=1S/C18H19N3O/c1-13-6-2-3-7-14(13)12-21-17-15(8-4-10-19-17)20-18(21)16-9-5-11-22-16/h2-4,6-8,10,16H,5,9,11-12H2,1H3. The summed E-state index contributed by atoms with van der Waals surface area (Å²) < 4.78 is 8.08. The summed E-state index contributed by atoms with van der Waals surface area (Å²) in [6.07, 6.45) is 4.07. The number of hydrogen-bond acceptors (Lipinski definition) is 3. The second-order valence-electron chi connectivity index (χ2n) is 5.83. The van der Waals surface area contributed by atoms with Crippen molar-refractivity contribution < 1.29 is 4.74 Å². The normalized spacial score (nSPS) is 18.1. The summed E-state index contributed by atoms with van der Waals surface area (Å²) in [4.78, 5) is 9.34. The van der Waals surface area contributed by atoms with Gasteiger partial charge in [0.1, 0.15) is 17.4 Å². The number of imidazole rings is 1. The molecule has 1 unspecified atom stereocenters. The molecule has 1 aliphatic heterocycles. The van der Waals surface area contributed by atoms with Crippen LogP contribution in [0.15, 0.2) is 42.6 Å². The number of aromatic nitrogens is 3. The molecule has 1 aromatic carbocycles. The van der Waals surface area contributed by atoms with E-state index in [1.807, 2.05) is 18.3 Å². The molecule has 0 bridgehead atoms. The lowest BCUT2D eigenvalue weighted by Gasteiger charge is -2.14. The van der Waals surface area contributed by atoms with Gasteiger partial charge in [-0.25, -0.2) is 9.97 Å². The summed E-state index contributed by atoms with van der Waals surface area (Å²) >= 11 is 0. The minimum atomic E-state index is 0.0956. The SMILES string of the molecule is Cc1ccccc1Cn1c(C2CCCO2)nc2cccnc21. The third-order valence-electron chi connectivity index (χ3n) is 4.34. The van der Waals surface area contributed by atoms with E-state index in [2.05, 4.69) is 40.7 Å². The molecule has 0 spiro atoms. The van der Waals surface area contributed by atoms with Gasteiger partial charge >= 0.3 is 0 Å². The van der Waals surface area contributed by atoms with Crippen LogP contribution in [0.3, 0.4) is 0 Å². The van der Waals surface area contributed by atoms with Gasteiger partial charge in [-0.3, -0.25) is 0 Å². The van der Waals surface area contributed by atoms with Crippen molar-refractivity contribution in [3.63, 3.8) is 0 Å². The highest BCUT2D eigenvalue weighted by Gasteiger charge is 2.25. The lowest BCUT2D eigenvalue weighted by molar-refractivity contribution is 0.103. The molecule has 3 aromatic rings. The van der Waals surface area contributed by atoms with Gasteiger partial charge in [0.25, 0.3) is 0 Å². The van der Waals surface area contributed by atoms with Crippen molar-refractivity contribution in [2.24, 2.45) is 0 Å². The van der Waals surface area contributed by atoms with Gasteiger partial charge in [-0.15, -0.1) is 0 Å². The molecule has 112 valence electrons. The average molecular weight is 293 g/mol. The monoisotopic (exact) mass is 293 g/mol. The Morgan fingerprint density at radius 2 is 2.14 bits per heavy atom. The second kappa shape index (κ2) is 5.54. The summed E-state index contributed by atoms with van der Waals surface area (Å²) in [5.41, 5.74) is 4.48. The molecule has 22 heavy (non-hydrogen) atoms. The van der Waals surface area contributed by atoms with E-state index in [0.717, 1.165) is 43.0 Å². The molecule has 0 saturated carbocycles. The van der Waals surface area contributed by atoms with E-state index in [1.54, 1.807) is 0 Å². The first-order valence-corrected chi connectivity index (χ1v) is 7.80. The van der Waals surface area contributed by atoms with Gasteiger partial charge in [-0.05, 0) is 43.0 Å². The highest BCUT2D eigenvalue weighted by molar-refractivity contribution is 5.71. The summed E-state index contributed by atoms with van der Waals surface area (Å²) in [7, 11) is 0. The first kappa shape index (κ1) is 13.5. The Labute approximate surface area is 129 Å². The summed E-state index contributed by atoms with van der Waals surface area (Å²) in [6.45, 7) is 3.76. The lowest BCUT2D eigenvalue weighted by Crippen LogP contribution is -2.10. The molecule has 0 N–H and O–H groups in total. The molecule has 2 aromatic heterocycles. The first-order valence-electron chi connectivity index (χ1n) is 7.80. The van der Waals surface area contributed by atoms with Crippen molar-refractivity contribution in [1.29, 1.82) is 0 Å². The number of ether oxygens (including phenoxy) is 1. The fraction of sp³-hybridized carbons (Fsp3) is 0.333. The van der Waals surface area contributed by atoms with Crippen molar-refractivity contribution in [3.05, 3.63) is 59.5 Å². The largest absolute Gasteiger partial charge is 0.370 e. The zero-order valence-corrected chi connectivity index (χ0v) is 12.7. The molecule has 1 atom stereocenters. The van der Waals surface area contributed by atoms with Gasteiger partial charge in [0.05, 0.1) is 6.54 Å². The molecule has 0 amide bonds. The van der Waals surface area contributed by atoms with E-state index in [4.69, 9.17) is 9.72 Å². The van der Waals surface area contributed by atoms with Crippen molar-refractivity contribution in [2.45, 2.75) is 32.4 Å². The number of aryl methyl sites for hydroxylation is 1. The zero-order valence-electron chi connectivity index (χ0n) is 12.7. The Morgan fingerprint density at radius 1 is 1.23 bits per heavy atom. The molecule has 4 nitrogen and oxygen atoms in total. The summed E-state index contributed by atoms with van der Waals surface area (Å²) in [5, 5.41) is 0. The van der Waals surface area contributed by atoms with Gasteiger partial charge in [-0.1, -0.05) is 24.3 Å². The van der Waals surface area contributed by atoms with Crippen LogP contribution >= 0.6 is 0 Å². The topological polar surface area (TPSA) is 39.9 Å². The van der Waals surface area contributed by atoms with Crippen LogP contribution in [0.4, 0.5) is 0 Å². The molecule has 1 saturated heterocycles. The smallest absolute Gasteiger partial charge is 0.160 e. The van der Waals surface area contributed by atoms with E-state index in [0.29, 0.717) is 0 Å². The minimum absolute atomic E-state index is 0.0956. The molecule has 3 heterocycles. The first-order chi connectivity index (χ1) is 10.8. The summed E-state index contributed by atoms with van der Waals surface area (Å²) in [6, 6.07) is 12.4. The van der Waals surface area contributed by atoms with Crippen LogP contribution in [-0.4, -0.2) is 21.1 Å². The number of fused-ring (bicyclic) bond motifs is 1. The molecule has 4 heteroatoms. The van der Waals surface area contributed by atoms with Crippen molar-refractivity contribution >= 4 is 11.2 Å². The Morgan fingerprint density at radius 3 is 2.95 bits per heavy atom. The molecule has 1 aliphatic rings. The third-order valence-corrected chi connectivity index (χ3v) is 4.34. The molecule has 0 radical (unpaired) electrons. The molecule has 0 aliphatic carbocycles. The number of pyridine rings is 1. The van der Waals surface area contributed by atoms with Crippen molar-refractivity contribution in [1.82, 2.24) is 14.5 Å². The van der Waals surface area contributed by atoms with E-state index >= 15 is 0 Å². The van der Waals surface area contributed by atoms with Crippen molar-refractivity contribution in [3.8, 4) is 0 Å². The van der Waals surface area contributed by atoms with Gasteiger partial charge < -0.3 is 9.30 Å². The fourth-order valence-corrected chi connectivity index (χ4v) is 3.12. The van der Waals surface area contributed by atoms with Crippen LogP contribution in [0.5, 0.6) is 0 Å². The van der Waals surface area contributed by atoms with Crippen LogP contribution < -0.4 is 0 Å². The third kappa shape index (κ3) is 2.29. The summed E-state index contributed by atoms with van der Waals surface area (Å²) in [5.74, 6) is 1.01. The number of benzene rings is 1. The lowest BCUT2D eigenvalue weighted by atomic mass is 10.1. The molecular weight excluding hydrogens is 274 g/mol. The molecular formula is C18H19N3O. The van der Waals surface area contributed by atoms with Crippen LogP contribution in [-0.2, 0) is 11.3 Å². The van der Waals surface area contributed by atoms with Gasteiger partial charge in [0.2, 0.25) is 0 Å². The Bertz CT molecular complexity index is 803.